The Morgan fingerprint density at radius 2 is 1.82 bits per heavy atom. The molecule has 0 spiro atoms. The summed E-state index contributed by atoms with van der Waals surface area (Å²) in [5.74, 6) is 2.34. The fourth-order valence-electron chi connectivity index (χ4n) is 4.00. The summed E-state index contributed by atoms with van der Waals surface area (Å²) in [7, 11) is 1.72. The van der Waals surface area contributed by atoms with Crippen molar-refractivity contribution >= 4 is 17.0 Å². The minimum atomic E-state index is 0.733. The lowest BCUT2D eigenvalue weighted by Gasteiger charge is -2.18. The predicted octanol–water partition coefficient (Wildman–Crippen LogP) is 9.99. The maximum atomic E-state index is 5.70. The molecule has 0 fully saturated rings. The Morgan fingerprint density at radius 3 is 2.35 bits per heavy atom. The molecule has 0 amide bonds. The Morgan fingerprint density at radius 1 is 1.15 bits per heavy atom. The van der Waals surface area contributed by atoms with Gasteiger partial charge in [-0.1, -0.05) is 64.2 Å². The Hall–Kier alpha value is -2.61. The lowest BCUT2D eigenvalue weighted by atomic mass is 9.88. The average molecular weight is 462 g/mol. The van der Waals surface area contributed by atoms with Crippen LogP contribution >= 0.6 is 0 Å². The zero-order valence-corrected chi connectivity index (χ0v) is 23.2. The van der Waals surface area contributed by atoms with Crippen molar-refractivity contribution < 1.29 is 4.74 Å². The van der Waals surface area contributed by atoms with E-state index in [2.05, 4.69) is 79.0 Å². The monoisotopic (exact) mass is 461 g/mol. The smallest absolute Gasteiger partial charge is 0.124 e. The van der Waals surface area contributed by atoms with Crippen LogP contribution in [0.1, 0.15) is 85.3 Å². The third-order valence-corrected chi connectivity index (χ3v) is 6.39. The zero-order chi connectivity index (χ0) is 25.8. The van der Waals surface area contributed by atoms with Crippen molar-refractivity contribution in [2.45, 2.75) is 81.1 Å². The van der Waals surface area contributed by atoms with Gasteiger partial charge in [-0.25, -0.2) is 0 Å². The molecule has 1 atom stereocenters. The Bertz CT molecular complexity index is 969. The van der Waals surface area contributed by atoms with Crippen LogP contribution < -0.4 is 4.74 Å². The molecule has 1 aromatic carbocycles. The van der Waals surface area contributed by atoms with Crippen molar-refractivity contribution in [2.24, 2.45) is 16.8 Å². The number of methoxy groups -OCH3 is 1. The number of nitrogens with zero attached hydrogens (tertiary/aromatic N) is 1. The van der Waals surface area contributed by atoms with E-state index in [1.807, 2.05) is 26.0 Å². The SMILES string of the molecule is C=C(C)C(=C\C=C/C)/C=C(C)/C(C)=N/c1cc(C(=C)CCC(CC)CC(C)C)cc(OC)c1C. The molecule has 0 aliphatic carbocycles. The van der Waals surface area contributed by atoms with E-state index in [9.17, 15) is 0 Å². The van der Waals surface area contributed by atoms with E-state index < -0.39 is 0 Å². The highest BCUT2D eigenvalue weighted by atomic mass is 16.5. The summed E-state index contributed by atoms with van der Waals surface area (Å²) in [5.41, 5.74) is 8.47. The first-order chi connectivity index (χ1) is 16.0. The molecule has 1 unspecified atom stereocenters. The van der Waals surface area contributed by atoms with E-state index >= 15 is 0 Å². The van der Waals surface area contributed by atoms with Gasteiger partial charge in [-0.15, -0.1) is 0 Å². The summed E-state index contributed by atoms with van der Waals surface area (Å²) in [6.45, 7) is 25.7. The predicted molar refractivity (Wildman–Crippen MR) is 153 cm³/mol. The zero-order valence-electron chi connectivity index (χ0n) is 23.2. The molecule has 0 heterocycles. The van der Waals surface area contributed by atoms with Gasteiger partial charge in [0.25, 0.3) is 0 Å². The molecule has 1 aromatic rings. The summed E-state index contributed by atoms with van der Waals surface area (Å²) in [6, 6.07) is 4.27. The van der Waals surface area contributed by atoms with Crippen molar-refractivity contribution in [3.63, 3.8) is 0 Å². The molecular weight excluding hydrogens is 414 g/mol. The highest BCUT2D eigenvalue weighted by Crippen LogP contribution is 2.35. The minimum absolute atomic E-state index is 0.733. The van der Waals surface area contributed by atoms with Crippen LogP contribution in [0, 0.1) is 18.8 Å². The third-order valence-electron chi connectivity index (χ3n) is 6.39. The van der Waals surface area contributed by atoms with E-state index in [1.165, 1.54) is 19.3 Å². The maximum absolute atomic E-state index is 5.70. The van der Waals surface area contributed by atoms with Crippen LogP contribution in [0.25, 0.3) is 5.57 Å². The van der Waals surface area contributed by atoms with Crippen molar-refractivity contribution in [2.75, 3.05) is 7.11 Å². The molecule has 0 bridgehead atoms. The lowest BCUT2D eigenvalue weighted by Crippen LogP contribution is -2.04. The Kier molecular flexibility index (Phi) is 12.6. The molecule has 0 aliphatic heterocycles. The van der Waals surface area contributed by atoms with Crippen LogP contribution in [-0.4, -0.2) is 12.8 Å². The number of hydrogen-bond acceptors (Lipinski definition) is 2. The molecule has 0 N–H and O–H groups in total. The van der Waals surface area contributed by atoms with Gasteiger partial charge in [0, 0.05) is 11.3 Å². The summed E-state index contributed by atoms with van der Waals surface area (Å²) in [4.78, 5) is 5.01. The second kappa shape index (κ2) is 14.6. The van der Waals surface area contributed by atoms with Crippen molar-refractivity contribution in [1.29, 1.82) is 0 Å². The number of aliphatic imine (C=N–C) groups is 1. The quantitative estimate of drug-likeness (QED) is 0.211. The van der Waals surface area contributed by atoms with Crippen LogP contribution in [0.3, 0.4) is 0 Å². The molecule has 2 heteroatoms. The van der Waals surface area contributed by atoms with E-state index in [-0.39, 0.29) is 0 Å². The number of ether oxygens (including phenoxy) is 1. The molecular formula is C32H47NO. The molecule has 0 aromatic heterocycles. The van der Waals surface area contributed by atoms with Gasteiger partial charge in [-0.05, 0) is 106 Å². The van der Waals surface area contributed by atoms with Gasteiger partial charge in [-0.3, -0.25) is 4.99 Å². The molecule has 0 saturated heterocycles. The first-order valence-electron chi connectivity index (χ1n) is 12.6. The van der Waals surface area contributed by atoms with Gasteiger partial charge in [0.1, 0.15) is 5.75 Å². The van der Waals surface area contributed by atoms with Gasteiger partial charge in [0.15, 0.2) is 0 Å². The standard InChI is InChI=1S/C32H47NO/c1-12-14-15-29(23(5)6)19-25(8)27(10)33-31-20-30(21-32(34-11)26(31)9)24(7)16-17-28(13-2)18-22(3)4/h12,14-15,19-22,28H,5,7,13,16-18H2,1-4,6,8-11H3/b14-12-,25-19+,29-15-,33-27+. The second-order valence-corrected chi connectivity index (χ2v) is 9.82. The average Bonchev–Trinajstić information content (AvgIpc) is 2.79. The highest BCUT2D eigenvalue weighted by Gasteiger charge is 2.13. The maximum Gasteiger partial charge on any atom is 0.124 e. The van der Waals surface area contributed by atoms with E-state index in [0.29, 0.717) is 0 Å². The summed E-state index contributed by atoms with van der Waals surface area (Å²) >= 11 is 0. The fourth-order valence-corrected chi connectivity index (χ4v) is 4.00. The topological polar surface area (TPSA) is 21.6 Å². The Labute approximate surface area is 209 Å². The Balaban J connectivity index is 3.27. The second-order valence-electron chi connectivity index (χ2n) is 9.82. The van der Waals surface area contributed by atoms with Crippen LogP contribution in [0.15, 0.2) is 71.3 Å². The minimum Gasteiger partial charge on any atom is -0.496 e. The third kappa shape index (κ3) is 9.33. The normalized spacial score (nSPS) is 14.1. The van der Waals surface area contributed by atoms with Crippen LogP contribution in [0.2, 0.25) is 0 Å². The molecule has 186 valence electrons. The molecule has 0 saturated carbocycles. The van der Waals surface area contributed by atoms with E-state index in [4.69, 9.17) is 9.73 Å². The molecule has 0 aliphatic rings. The number of rotatable bonds is 13. The van der Waals surface area contributed by atoms with Gasteiger partial charge in [0.2, 0.25) is 0 Å². The van der Waals surface area contributed by atoms with Crippen molar-refractivity contribution in [1.82, 2.24) is 0 Å². The summed E-state index contributed by atoms with van der Waals surface area (Å²) in [6.07, 6.45) is 13.0. The van der Waals surface area contributed by atoms with Gasteiger partial charge in [0.05, 0.1) is 12.8 Å². The fraction of sp³-hybridized carbons (Fsp3) is 0.469. The van der Waals surface area contributed by atoms with Gasteiger partial charge < -0.3 is 4.74 Å². The summed E-state index contributed by atoms with van der Waals surface area (Å²) in [5, 5.41) is 0. The molecule has 2 nitrogen and oxygen atoms in total. The number of hydrogen-bond donors (Lipinski definition) is 0. The molecule has 1 rings (SSSR count). The van der Waals surface area contributed by atoms with Crippen LogP contribution in [0.5, 0.6) is 5.75 Å². The van der Waals surface area contributed by atoms with Crippen molar-refractivity contribution in [3.8, 4) is 5.75 Å². The van der Waals surface area contributed by atoms with Crippen LogP contribution in [0.4, 0.5) is 5.69 Å². The number of allylic oxidation sites excluding steroid dienone is 8. The summed E-state index contributed by atoms with van der Waals surface area (Å²) < 4.78 is 5.70. The number of benzene rings is 1. The van der Waals surface area contributed by atoms with Gasteiger partial charge >= 0.3 is 0 Å². The molecule has 34 heavy (non-hydrogen) atoms. The van der Waals surface area contributed by atoms with E-state index in [1.54, 1.807) is 7.11 Å². The lowest BCUT2D eigenvalue weighted by molar-refractivity contribution is 0.380. The van der Waals surface area contributed by atoms with E-state index in [0.717, 1.165) is 68.8 Å². The molecule has 0 radical (unpaired) electrons. The van der Waals surface area contributed by atoms with Crippen LogP contribution in [-0.2, 0) is 0 Å². The highest BCUT2D eigenvalue weighted by molar-refractivity contribution is 6.00. The largest absolute Gasteiger partial charge is 0.496 e. The first-order valence-corrected chi connectivity index (χ1v) is 12.6. The van der Waals surface area contributed by atoms with Crippen molar-refractivity contribution in [3.05, 3.63) is 77.4 Å². The van der Waals surface area contributed by atoms with Gasteiger partial charge in [-0.2, -0.15) is 0 Å². The first kappa shape index (κ1) is 29.4.